The van der Waals surface area contributed by atoms with Gasteiger partial charge in [-0.2, -0.15) is 0 Å². The molecule has 1 aliphatic carbocycles. The second-order valence-electron chi connectivity index (χ2n) is 6.12. The Balaban J connectivity index is 1.57. The fourth-order valence-electron chi connectivity index (χ4n) is 3.17. The Morgan fingerprint density at radius 3 is 1.91 bits per heavy atom. The second kappa shape index (κ2) is 8.25. The minimum atomic E-state index is -0.0380. The molecular weight excluding hydrogens is 288 g/mol. The van der Waals surface area contributed by atoms with Crippen molar-refractivity contribution in [2.45, 2.75) is 38.3 Å². The largest absolute Gasteiger partial charge is 0.396 e. The Labute approximate surface area is 137 Å². The maximum Gasteiger partial charge on any atom is 0.0891 e. The lowest BCUT2D eigenvalue weighted by Crippen LogP contribution is -2.32. The fourth-order valence-corrected chi connectivity index (χ4v) is 3.17. The van der Waals surface area contributed by atoms with E-state index in [0.717, 1.165) is 18.4 Å². The molecule has 3 heteroatoms. The molecule has 0 spiro atoms. The van der Waals surface area contributed by atoms with Crippen molar-refractivity contribution in [3.63, 3.8) is 0 Å². The highest BCUT2D eigenvalue weighted by Crippen LogP contribution is 2.32. The predicted octanol–water partition coefficient (Wildman–Crippen LogP) is 3.56. The highest BCUT2D eigenvalue weighted by Gasteiger charge is 2.37. The number of rotatable bonds is 7. The normalized spacial score (nSPS) is 24.0. The van der Waals surface area contributed by atoms with Crippen LogP contribution in [0.25, 0.3) is 0 Å². The van der Waals surface area contributed by atoms with Crippen LogP contribution in [-0.2, 0) is 22.7 Å². The Hall–Kier alpha value is -1.68. The summed E-state index contributed by atoms with van der Waals surface area (Å²) < 4.78 is 12.2. The van der Waals surface area contributed by atoms with Gasteiger partial charge in [0.05, 0.1) is 25.4 Å². The zero-order valence-corrected chi connectivity index (χ0v) is 13.3. The van der Waals surface area contributed by atoms with E-state index in [4.69, 9.17) is 9.47 Å². The summed E-state index contributed by atoms with van der Waals surface area (Å²) in [6.07, 6.45) is 1.91. The molecule has 122 valence electrons. The summed E-state index contributed by atoms with van der Waals surface area (Å²) in [4.78, 5) is 0. The van der Waals surface area contributed by atoms with Crippen molar-refractivity contribution in [1.29, 1.82) is 0 Å². The van der Waals surface area contributed by atoms with Gasteiger partial charge in [0.2, 0.25) is 0 Å². The molecule has 0 unspecified atom stereocenters. The van der Waals surface area contributed by atoms with Crippen molar-refractivity contribution in [2.24, 2.45) is 5.92 Å². The Kier molecular flexibility index (Phi) is 5.81. The molecule has 2 aromatic carbocycles. The van der Waals surface area contributed by atoms with E-state index in [1.807, 2.05) is 36.4 Å². The molecule has 2 aromatic rings. The molecule has 1 saturated carbocycles. The smallest absolute Gasteiger partial charge is 0.0891 e. The third kappa shape index (κ3) is 4.41. The van der Waals surface area contributed by atoms with Gasteiger partial charge in [0.1, 0.15) is 0 Å². The first-order chi connectivity index (χ1) is 11.4. The van der Waals surface area contributed by atoms with Crippen molar-refractivity contribution < 1.29 is 14.6 Å². The highest BCUT2D eigenvalue weighted by atomic mass is 16.5. The van der Waals surface area contributed by atoms with Crippen LogP contribution in [0.1, 0.15) is 24.0 Å². The van der Waals surface area contributed by atoms with Crippen LogP contribution in [0.3, 0.4) is 0 Å². The molecule has 0 aliphatic heterocycles. The summed E-state index contributed by atoms with van der Waals surface area (Å²) in [7, 11) is 0. The van der Waals surface area contributed by atoms with Crippen LogP contribution in [-0.4, -0.2) is 23.9 Å². The number of hydrogen-bond donors (Lipinski definition) is 1. The van der Waals surface area contributed by atoms with E-state index in [1.165, 1.54) is 5.56 Å². The van der Waals surface area contributed by atoms with Crippen LogP contribution in [0.4, 0.5) is 0 Å². The number of aliphatic hydroxyl groups excluding tert-OH is 1. The van der Waals surface area contributed by atoms with Gasteiger partial charge in [0.15, 0.2) is 0 Å². The van der Waals surface area contributed by atoms with E-state index in [-0.39, 0.29) is 24.7 Å². The SMILES string of the molecule is OC[C@H]1CC[C@@H](OCc2ccccc2)[C@@H]1OCc1ccccc1. The number of ether oxygens (including phenoxy) is 2. The summed E-state index contributed by atoms with van der Waals surface area (Å²) in [5, 5.41) is 9.60. The molecule has 0 aromatic heterocycles. The lowest BCUT2D eigenvalue weighted by Gasteiger charge is -2.24. The zero-order valence-electron chi connectivity index (χ0n) is 13.3. The fraction of sp³-hybridized carbons (Fsp3) is 0.400. The topological polar surface area (TPSA) is 38.7 Å². The van der Waals surface area contributed by atoms with E-state index in [9.17, 15) is 5.11 Å². The third-order valence-electron chi connectivity index (χ3n) is 4.48. The Morgan fingerprint density at radius 1 is 0.783 bits per heavy atom. The van der Waals surface area contributed by atoms with E-state index in [2.05, 4.69) is 24.3 Å². The molecule has 3 rings (SSSR count). The minimum absolute atomic E-state index is 0.0380. The number of hydrogen-bond acceptors (Lipinski definition) is 3. The molecule has 23 heavy (non-hydrogen) atoms. The Bertz CT molecular complexity index is 570. The van der Waals surface area contributed by atoms with Crippen LogP contribution in [0.2, 0.25) is 0 Å². The van der Waals surface area contributed by atoms with Gasteiger partial charge in [-0.1, -0.05) is 60.7 Å². The molecule has 0 amide bonds. The molecular formula is C20H24O3. The monoisotopic (exact) mass is 312 g/mol. The third-order valence-corrected chi connectivity index (χ3v) is 4.48. The van der Waals surface area contributed by atoms with Gasteiger partial charge < -0.3 is 14.6 Å². The number of aliphatic hydroxyl groups is 1. The van der Waals surface area contributed by atoms with E-state index < -0.39 is 0 Å². The molecule has 0 saturated heterocycles. The molecule has 0 radical (unpaired) electrons. The van der Waals surface area contributed by atoms with Gasteiger partial charge in [-0.3, -0.25) is 0 Å². The lowest BCUT2D eigenvalue weighted by atomic mass is 10.1. The predicted molar refractivity (Wildman–Crippen MR) is 89.8 cm³/mol. The summed E-state index contributed by atoms with van der Waals surface area (Å²) in [5.41, 5.74) is 2.32. The molecule has 3 atom stereocenters. The second-order valence-corrected chi connectivity index (χ2v) is 6.12. The van der Waals surface area contributed by atoms with Crippen LogP contribution in [0, 0.1) is 5.92 Å². The molecule has 1 fully saturated rings. The van der Waals surface area contributed by atoms with Gasteiger partial charge in [0.25, 0.3) is 0 Å². The van der Waals surface area contributed by atoms with Gasteiger partial charge >= 0.3 is 0 Å². The Morgan fingerprint density at radius 2 is 1.35 bits per heavy atom. The standard InChI is InChI=1S/C20H24O3/c21-13-18-11-12-19(22-14-16-7-3-1-4-8-16)20(18)23-15-17-9-5-2-6-10-17/h1-10,18-21H,11-15H2/t18-,19-,20-/m1/s1. The first-order valence-electron chi connectivity index (χ1n) is 8.28. The maximum atomic E-state index is 9.60. The molecule has 1 aliphatic rings. The van der Waals surface area contributed by atoms with Crippen molar-refractivity contribution in [2.75, 3.05) is 6.61 Å². The van der Waals surface area contributed by atoms with Crippen molar-refractivity contribution in [3.8, 4) is 0 Å². The van der Waals surface area contributed by atoms with Gasteiger partial charge in [-0.05, 0) is 24.0 Å². The first kappa shape index (κ1) is 16.2. The van der Waals surface area contributed by atoms with Crippen molar-refractivity contribution in [3.05, 3.63) is 71.8 Å². The summed E-state index contributed by atoms with van der Waals surface area (Å²) in [5.74, 6) is 0.166. The molecule has 3 nitrogen and oxygen atoms in total. The molecule has 0 heterocycles. The van der Waals surface area contributed by atoms with Gasteiger partial charge in [-0.25, -0.2) is 0 Å². The zero-order chi connectivity index (χ0) is 15.9. The number of benzene rings is 2. The highest BCUT2D eigenvalue weighted by molar-refractivity contribution is 5.14. The maximum absolute atomic E-state index is 9.60. The van der Waals surface area contributed by atoms with Gasteiger partial charge in [0, 0.05) is 12.5 Å². The van der Waals surface area contributed by atoms with Crippen LogP contribution >= 0.6 is 0 Å². The van der Waals surface area contributed by atoms with E-state index in [1.54, 1.807) is 0 Å². The van der Waals surface area contributed by atoms with Crippen LogP contribution < -0.4 is 0 Å². The summed E-state index contributed by atoms with van der Waals surface area (Å²) in [6, 6.07) is 20.3. The van der Waals surface area contributed by atoms with Crippen LogP contribution in [0.15, 0.2) is 60.7 Å². The average Bonchev–Trinajstić information content (AvgIpc) is 3.02. The van der Waals surface area contributed by atoms with Crippen LogP contribution in [0.5, 0.6) is 0 Å². The van der Waals surface area contributed by atoms with Crippen molar-refractivity contribution >= 4 is 0 Å². The van der Waals surface area contributed by atoms with Crippen molar-refractivity contribution in [1.82, 2.24) is 0 Å². The minimum Gasteiger partial charge on any atom is -0.396 e. The summed E-state index contributed by atoms with van der Waals surface area (Å²) in [6.45, 7) is 1.31. The molecule has 0 bridgehead atoms. The van der Waals surface area contributed by atoms with E-state index >= 15 is 0 Å². The van der Waals surface area contributed by atoms with E-state index in [0.29, 0.717) is 13.2 Å². The average molecular weight is 312 g/mol. The lowest BCUT2D eigenvalue weighted by molar-refractivity contribution is -0.0896. The first-order valence-corrected chi connectivity index (χ1v) is 8.28. The quantitative estimate of drug-likeness (QED) is 0.849. The summed E-state index contributed by atoms with van der Waals surface area (Å²) >= 11 is 0. The van der Waals surface area contributed by atoms with Gasteiger partial charge in [-0.15, -0.1) is 0 Å². The molecule has 1 N–H and O–H groups in total.